The van der Waals surface area contributed by atoms with Gasteiger partial charge >= 0.3 is 0 Å². The number of thiocarbonyl (C=S) groups is 1. The summed E-state index contributed by atoms with van der Waals surface area (Å²) in [7, 11) is 0. The molecule has 2 nitrogen and oxygen atoms in total. The van der Waals surface area contributed by atoms with Gasteiger partial charge in [-0.25, -0.2) is 4.39 Å². The highest BCUT2D eigenvalue weighted by Gasteiger charge is 2.08. The van der Waals surface area contributed by atoms with Gasteiger partial charge in [0.05, 0.1) is 0 Å². The number of thiophene rings is 1. The van der Waals surface area contributed by atoms with E-state index in [1.54, 1.807) is 23.5 Å². The van der Waals surface area contributed by atoms with Crippen LogP contribution in [0.15, 0.2) is 35.0 Å². The van der Waals surface area contributed by atoms with Gasteiger partial charge in [-0.3, -0.25) is 0 Å². The van der Waals surface area contributed by atoms with E-state index in [1.165, 1.54) is 11.6 Å². The molecule has 0 aliphatic heterocycles. The highest BCUT2D eigenvalue weighted by Crippen LogP contribution is 2.17. The molecule has 0 saturated heterocycles. The van der Waals surface area contributed by atoms with E-state index < -0.39 is 0 Å². The smallest absolute Gasteiger partial charge is 0.135 e. The molecular formula is C14H15FN2S2. The van der Waals surface area contributed by atoms with Crippen LogP contribution in [0.3, 0.4) is 0 Å². The molecular weight excluding hydrogens is 279 g/mol. The van der Waals surface area contributed by atoms with Crippen LogP contribution in [-0.2, 0) is 6.42 Å². The van der Waals surface area contributed by atoms with Gasteiger partial charge in [0, 0.05) is 17.3 Å². The van der Waals surface area contributed by atoms with Gasteiger partial charge < -0.3 is 11.1 Å². The van der Waals surface area contributed by atoms with Gasteiger partial charge in [-0.2, -0.15) is 11.3 Å². The third-order valence-electron chi connectivity index (χ3n) is 2.77. The Hall–Kier alpha value is -1.46. The lowest BCUT2D eigenvalue weighted by atomic mass is 10.1. The van der Waals surface area contributed by atoms with Gasteiger partial charge in [-0.05, 0) is 53.9 Å². The minimum Gasteiger partial charge on any atom is -0.389 e. The molecule has 5 heteroatoms. The van der Waals surface area contributed by atoms with Gasteiger partial charge in [0.1, 0.15) is 10.8 Å². The van der Waals surface area contributed by atoms with Gasteiger partial charge in [0.15, 0.2) is 0 Å². The number of rotatable bonds is 5. The maximum Gasteiger partial charge on any atom is 0.135 e. The van der Waals surface area contributed by atoms with Crippen molar-refractivity contribution < 1.29 is 4.39 Å². The Labute approximate surface area is 121 Å². The lowest BCUT2D eigenvalue weighted by molar-refractivity contribution is 0.625. The van der Waals surface area contributed by atoms with E-state index in [4.69, 9.17) is 18.0 Å². The van der Waals surface area contributed by atoms with Gasteiger partial charge in [0.2, 0.25) is 0 Å². The summed E-state index contributed by atoms with van der Waals surface area (Å²) in [4.78, 5) is 0.0790. The molecule has 0 aliphatic carbocycles. The number of anilines is 1. The maximum atomic E-state index is 13.7. The molecule has 1 heterocycles. The summed E-state index contributed by atoms with van der Waals surface area (Å²) in [6.45, 7) is 2.07. The van der Waals surface area contributed by atoms with E-state index in [2.05, 4.69) is 29.1 Å². The van der Waals surface area contributed by atoms with Crippen LogP contribution < -0.4 is 11.1 Å². The molecule has 0 amide bonds. The molecule has 0 saturated carbocycles. The monoisotopic (exact) mass is 294 g/mol. The Bertz CT molecular complexity index is 567. The SMILES string of the molecule is CC(Cc1ccsc1)Nc1ccc(C(N)=S)c(F)c1. The molecule has 2 rings (SSSR count). The normalized spacial score (nSPS) is 12.1. The molecule has 1 unspecified atom stereocenters. The highest BCUT2D eigenvalue weighted by atomic mass is 32.1. The van der Waals surface area contributed by atoms with Crippen LogP contribution in [0.1, 0.15) is 18.1 Å². The molecule has 3 N–H and O–H groups in total. The summed E-state index contributed by atoms with van der Waals surface area (Å²) < 4.78 is 13.7. The molecule has 100 valence electrons. The number of benzene rings is 1. The summed E-state index contributed by atoms with van der Waals surface area (Å²) in [6.07, 6.45) is 0.905. The second-order valence-corrected chi connectivity index (χ2v) is 5.66. The first-order valence-corrected chi connectivity index (χ1v) is 7.28. The molecule has 0 radical (unpaired) electrons. The third kappa shape index (κ3) is 3.75. The summed E-state index contributed by atoms with van der Waals surface area (Å²) in [6, 6.07) is 7.15. The lowest BCUT2D eigenvalue weighted by Gasteiger charge is -2.15. The predicted molar refractivity (Wildman–Crippen MR) is 83.4 cm³/mol. The van der Waals surface area contributed by atoms with Crippen molar-refractivity contribution >= 4 is 34.2 Å². The minimum atomic E-state index is -0.389. The molecule has 2 aromatic rings. The molecule has 1 aromatic heterocycles. The number of halogens is 1. The average molecular weight is 294 g/mol. The molecule has 1 aromatic carbocycles. The van der Waals surface area contributed by atoms with E-state index in [0.717, 1.165) is 12.1 Å². The molecule has 0 spiro atoms. The summed E-state index contributed by atoms with van der Waals surface area (Å²) in [5.41, 5.74) is 7.73. The van der Waals surface area contributed by atoms with Gasteiger partial charge in [0.25, 0.3) is 0 Å². The van der Waals surface area contributed by atoms with Gasteiger partial charge in [-0.15, -0.1) is 0 Å². The first kappa shape index (κ1) is 14.0. The van der Waals surface area contributed by atoms with Crippen LogP contribution in [0.5, 0.6) is 0 Å². The zero-order valence-corrected chi connectivity index (χ0v) is 12.2. The van der Waals surface area contributed by atoms with Crippen LogP contribution in [0, 0.1) is 5.82 Å². The topological polar surface area (TPSA) is 38.0 Å². The Kier molecular flexibility index (Phi) is 4.50. The molecule has 19 heavy (non-hydrogen) atoms. The minimum absolute atomic E-state index is 0.0790. The van der Waals surface area contributed by atoms with Crippen molar-refractivity contribution in [3.63, 3.8) is 0 Å². The standard InChI is InChI=1S/C14H15FN2S2/c1-9(6-10-4-5-19-8-10)17-11-2-3-12(14(16)18)13(15)7-11/h2-5,7-9,17H,6H2,1H3,(H2,16,18). The van der Waals surface area contributed by atoms with E-state index in [-0.39, 0.29) is 22.4 Å². The number of hydrogen-bond donors (Lipinski definition) is 2. The van der Waals surface area contributed by atoms with Crippen molar-refractivity contribution in [3.05, 3.63) is 52.0 Å². The van der Waals surface area contributed by atoms with Crippen LogP contribution in [-0.4, -0.2) is 11.0 Å². The van der Waals surface area contributed by atoms with Crippen LogP contribution in [0.25, 0.3) is 0 Å². The van der Waals surface area contributed by atoms with Crippen LogP contribution in [0.2, 0.25) is 0 Å². The Morgan fingerprint density at radius 3 is 2.84 bits per heavy atom. The lowest BCUT2D eigenvalue weighted by Crippen LogP contribution is -2.18. The molecule has 0 aliphatic rings. The fourth-order valence-corrected chi connectivity index (χ4v) is 2.75. The van der Waals surface area contributed by atoms with Crippen LogP contribution >= 0.6 is 23.6 Å². The fourth-order valence-electron chi connectivity index (χ4n) is 1.90. The molecule has 1 atom stereocenters. The van der Waals surface area contributed by atoms with Gasteiger partial charge in [-0.1, -0.05) is 12.2 Å². The summed E-state index contributed by atoms with van der Waals surface area (Å²) in [5.74, 6) is -0.389. The number of hydrogen-bond acceptors (Lipinski definition) is 3. The van der Waals surface area contributed by atoms with E-state index >= 15 is 0 Å². The van der Waals surface area contributed by atoms with Crippen molar-refractivity contribution in [3.8, 4) is 0 Å². The van der Waals surface area contributed by atoms with Crippen molar-refractivity contribution in [2.75, 3.05) is 5.32 Å². The largest absolute Gasteiger partial charge is 0.389 e. The van der Waals surface area contributed by atoms with E-state index in [1.807, 2.05) is 0 Å². The average Bonchev–Trinajstić information content (AvgIpc) is 2.81. The Balaban J connectivity index is 2.03. The van der Waals surface area contributed by atoms with Crippen molar-refractivity contribution in [1.29, 1.82) is 0 Å². The molecule has 0 bridgehead atoms. The third-order valence-corrected chi connectivity index (χ3v) is 3.72. The predicted octanol–water partition coefficient (Wildman–Crippen LogP) is 3.56. The van der Waals surface area contributed by atoms with Crippen molar-refractivity contribution in [2.45, 2.75) is 19.4 Å². The summed E-state index contributed by atoms with van der Waals surface area (Å²) >= 11 is 6.46. The maximum absolute atomic E-state index is 13.7. The first-order valence-electron chi connectivity index (χ1n) is 5.93. The van der Waals surface area contributed by atoms with E-state index in [0.29, 0.717) is 0 Å². The van der Waals surface area contributed by atoms with Crippen molar-refractivity contribution in [2.24, 2.45) is 5.73 Å². The number of nitrogens with two attached hydrogens (primary N) is 1. The summed E-state index contributed by atoms with van der Waals surface area (Å²) in [5, 5.41) is 7.44. The second kappa shape index (κ2) is 6.12. The van der Waals surface area contributed by atoms with Crippen molar-refractivity contribution in [1.82, 2.24) is 0 Å². The fraction of sp³-hybridized carbons (Fsp3) is 0.214. The number of nitrogens with one attached hydrogen (secondary N) is 1. The molecule has 0 fully saturated rings. The van der Waals surface area contributed by atoms with Crippen LogP contribution in [0.4, 0.5) is 10.1 Å². The quantitative estimate of drug-likeness (QED) is 0.828. The highest BCUT2D eigenvalue weighted by molar-refractivity contribution is 7.80. The van der Waals surface area contributed by atoms with E-state index in [9.17, 15) is 4.39 Å². The Morgan fingerprint density at radius 1 is 1.47 bits per heavy atom. The zero-order chi connectivity index (χ0) is 13.8. The zero-order valence-electron chi connectivity index (χ0n) is 10.5. The Morgan fingerprint density at radius 2 is 2.26 bits per heavy atom. The second-order valence-electron chi connectivity index (χ2n) is 4.44. The first-order chi connectivity index (χ1) is 9.06.